The molecule has 2 aromatic carbocycles. The third-order valence-electron chi connectivity index (χ3n) is 6.03. The van der Waals surface area contributed by atoms with Crippen LogP contribution in [-0.4, -0.2) is 48.3 Å². The van der Waals surface area contributed by atoms with E-state index >= 15 is 0 Å². The Hall–Kier alpha value is -2.37. The van der Waals surface area contributed by atoms with E-state index in [1.807, 2.05) is 30.3 Å². The van der Waals surface area contributed by atoms with Gasteiger partial charge in [-0.15, -0.1) is 0 Å². The molecule has 0 heterocycles. The number of hydrogen-bond acceptors (Lipinski definition) is 4. The van der Waals surface area contributed by atoms with Crippen molar-refractivity contribution in [1.82, 2.24) is 10.2 Å². The lowest BCUT2D eigenvalue weighted by molar-refractivity contribution is -0.123. The molecule has 30 heavy (non-hydrogen) atoms. The first kappa shape index (κ1) is 22.3. The first-order chi connectivity index (χ1) is 14.5. The van der Waals surface area contributed by atoms with Gasteiger partial charge in [-0.1, -0.05) is 36.4 Å². The fraction of sp³-hybridized carbons (Fsp3) is 0.480. The molecule has 2 N–H and O–H groups in total. The van der Waals surface area contributed by atoms with Gasteiger partial charge in [0.25, 0.3) is 0 Å². The molecule has 1 aliphatic carbocycles. The van der Waals surface area contributed by atoms with E-state index in [0.717, 1.165) is 43.4 Å². The normalized spacial score (nSPS) is 18.9. The standard InChI is InChI=1S/C25H34N2O3/c1-19-6-3-4-8-21(19)14-15-26-25(29)18-27(22-10-12-23(28)13-11-22)17-20-7-5-9-24(16-20)30-2/h3-9,16,22-23,28H,10-15,17-18H2,1-2H3,(H,26,29). The second-order valence-corrected chi connectivity index (χ2v) is 8.25. The SMILES string of the molecule is COc1cccc(CN(CC(=O)NCCc2ccccc2C)C2CCC(O)CC2)c1. The van der Waals surface area contributed by atoms with Gasteiger partial charge in [-0.3, -0.25) is 9.69 Å². The van der Waals surface area contributed by atoms with Gasteiger partial charge in [0, 0.05) is 19.1 Å². The summed E-state index contributed by atoms with van der Waals surface area (Å²) in [7, 11) is 1.67. The van der Waals surface area contributed by atoms with Gasteiger partial charge in [0.15, 0.2) is 0 Å². The van der Waals surface area contributed by atoms with Crippen molar-refractivity contribution in [2.24, 2.45) is 0 Å². The molecule has 1 fully saturated rings. The van der Waals surface area contributed by atoms with Crippen LogP contribution in [0.25, 0.3) is 0 Å². The fourth-order valence-corrected chi connectivity index (χ4v) is 4.21. The molecule has 5 nitrogen and oxygen atoms in total. The summed E-state index contributed by atoms with van der Waals surface area (Å²) in [4.78, 5) is 15.0. The first-order valence-corrected chi connectivity index (χ1v) is 10.9. The zero-order valence-corrected chi connectivity index (χ0v) is 18.1. The Bertz CT molecular complexity index is 816. The second kappa shape index (κ2) is 11.1. The van der Waals surface area contributed by atoms with Crippen molar-refractivity contribution in [3.63, 3.8) is 0 Å². The van der Waals surface area contributed by atoms with Crippen LogP contribution in [0, 0.1) is 6.92 Å². The van der Waals surface area contributed by atoms with Gasteiger partial charge in [-0.05, 0) is 67.9 Å². The number of ether oxygens (including phenoxy) is 1. The van der Waals surface area contributed by atoms with Crippen LogP contribution in [0.4, 0.5) is 0 Å². The summed E-state index contributed by atoms with van der Waals surface area (Å²) in [6.45, 7) is 3.81. The predicted molar refractivity (Wildman–Crippen MR) is 120 cm³/mol. The predicted octanol–water partition coefficient (Wildman–Crippen LogP) is 3.47. The van der Waals surface area contributed by atoms with Crippen LogP contribution < -0.4 is 10.1 Å². The van der Waals surface area contributed by atoms with Crippen molar-refractivity contribution < 1.29 is 14.6 Å². The minimum atomic E-state index is -0.206. The Morgan fingerprint density at radius 2 is 1.90 bits per heavy atom. The molecule has 0 spiro atoms. The van der Waals surface area contributed by atoms with Gasteiger partial charge in [-0.2, -0.15) is 0 Å². The van der Waals surface area contributed by atoms with E-state index in [0.29, 0.717) is 25.7 Å². The van der Waals surface area contributed by atoms with E-state index in [9.17, 15) is 9.90 Å². The average molecular weight is 411 g/mol. The third kappa shape index (κ3) is 6.57. The maximum Gasteiger partial charge on any atom is 0.234 e. The van der Waals surface area contributed by atoms with Crippen LogP contribution in [0.3, 0.4) is 0 Å². The van der Waals surface area contributed by atoms with Crippen molar-refractivity contribution in [3.05, 3.63) is 65.2 Å². The monoisotopic (exact) mass is 410 g/mol. The molecule has 2 aromatic rings. The molecule has 0 bridgehead atoms. The molecular weight excluding hydrogens is 376 g/mol. The molecule has 3 rings (SSSR count). The summed E-state index contributed by atoms with van der Waals surface area (Å²) in [5.41, 5.74) is 3.66. The highest BCUT2D eigenvalue weighted by Crippen LogP contribution is 2.25. The van der Waals surface area contributed by atoms with Crippen LogP contribution in [0.2, 0.25) is 0 Å². The van der Waals surface area contributed by atoms with Gasteiger partial charge in [-0.25, -0.2) is 0 Å². The number of aliphatic hydroxyl groups is 1. The first-order valence-electron chi connectivity index (χ1n) is 10.9. The van der Waals surface area contributed by atoms with Gasteiger partial charge < -0.3 is 15.2 Å². The summed E-state index contributed by atoms with van der Waals surface area (Å²) in [5, 5.41) is 13.0. The highest BCUT2D eigenvalue weighted by Gasteiger charge is 2.26. The fourth-order valence-electron chi connectivity index (χ4n) is 4.21. The van der Waals surface area contributed by atoms with Crippen molar-refractivity contribution >= 4 is 5.91 Å². The van der Waals surface area contributed by atoms with Crippen molar-refractivity contribution in [3.8, 4) is 5.75 Å². The van der Waals surface area contributed by atoms with Crippen LogP contribution in [0.15, 0.2) is 48.5 Å². The summed E-state index contributed by atoms with van der Waals surface area (Å²) >= 11 is 0. The van der Waals surface area contributed by atoms with E-state index in [4.69, 9.17) is 4.74 Å². The highest BCUT2D eigenvalue weighted by molar-refractivity contribution is 5.78. The third-order valence-corrected chi connectivity index (χ3v) is 6.03. The average Bonchev–Trinajstić information content (AvgIpc) is 2.75. The van der Waals surface area contributed by atoms with E-state index in [1.165, 1.54) is 11.1 Å². The lowest BCUT2D eigenvalue weighted by Gasteiger charge is -2.35. The number of carbonyl (C=O) groups is 1. The Morgan fingerprint density at radius 3 is 2.63 bits per heavy atom. The number of aryl methyl sites for hydroxylation is 1. The number of hydrogen-bond donors (Lipinski definition) is 2. The molecule has 0 aromatic heterocycles. The van der Waals surface area contributed by atoms with Crippen molar-refractivity contribution in [2.75, 3.05) is 20.2 Å². The van der Waals surface area contributed by atoms with Gasteiger partial charge in [0.05, 0.1) is 19.8 Å². The number of rotatable bonds is 9. The molecule has 1 aliphatic rings. The number of nitrogens with zero attached hydrogens (tertiary/aromatic N) is 1. The number of methoxy groups -OCH3 is 1. The lowest BCUT2D eigenvalue weighted by Crippen LogP contribution is -2.44. The molecule has 0 unspecified atom stereocenters. The number of carbonyl (C=O) groups excluding carboxylic acids is 1. The van der Waals surface area contributed by atoms with Crippen LogP contribution in [0.1, 0.15) is 42.4 Å². The van der Waals surface area contributed by atoms with Crippen molar-refractivity contribution in [2.45, 2.75) is 57.7 Å². The molecule has 1 amide bonds. The van der Waals surface area contributed by atoms with Gasteiger partial charge in [0.2, 0.25) is 5.91 Å². The molecule has 162 valence electrons. The summed E-state index contributed by atoms with van der Waals surface area (Å²) in [5.74, 6) is 0.881. The Morgan fingerprint density at radius 1 is 1.13 bits per heavy atom. The second-order valence-electron chi connectivity index (χ2n) is 8.25. The zero-order valence-electron chi connectivity index (χ0n) is 18.1. The van der Waals surface area contributed by atoms with Gasteiger partial charge in [0.1, 0.15) is 5.75 Å². The minimum Gasteiger partial charge on any atom is -0.497 e. The molecule has 0 saturated heterocycles. The van der Waals surface area contributed by atoms with E-state index in [2.05, 4.69) is 35.3 Å². The van der Waals surface area contributed by atoms with Crippen LogP contribution in [0.5, 0.6) is 5.75 Å². The van der Waals surface area contributed by atoms with E-state index < -0.39 is 0 Å². The molecule has 1 saturated carbocycles. The molecule has 0 radical (unpaired) electrons. The van der Waals surface area contributed by atoms with Crippen LogP contribution >= 0.6 is 0 Å². The number of benzene rings is 2. The molecule has 0 aliphatic heterocycles. The Labute approximate surface area is 180 Å². The largest absolute Gasteiger partial charge is 0.497 e. The van der Waals surface area contributed by atoms with E-state index in [1.54, 1.807) is 7.11 Å². The quantitative estimate of drug-likeness (QED) is 0.665. The molecular formula is C25H34N2O3. The van der Waals surface area contributed by atoms with Crippen molar-refractivity contribution in [1.29, 1.82) is 0 Å². The minimum absolute atomic E-state index is 0.0533. The summed E-state index contributed by atoms with van der Waals surface area (Å²) < 4.78 is 5.35. The van der Waals surface area contributed by atoms with Gasteiger partial charge >= 0.3 is 0 Å². The number of amides is 1. The number of nitrogens with one attached hydrogen (secondary N) is 1. The Kier molecular flexibility index (Phi) is 8.29. The zero-order chi connectivity index (χ0) is 21.3. The lowest BCUT2D eigenvalue weighted by atomic mass is 9.91. The summed E-state index contributed by atoms with van der Waals surface area (Å²) in [6.07, 6.45) is 4.07. The van der Waals surface area contributed by atoms with E-state index in [-0.39, 0.29) is 12.0 Å². The highest BCUT2D eigenvalue weighted by atomic mass is 16.5. The maximum absolute atomic E-state index is 12.7. The topological polar surface area (TPSA) is 61.8 Å². The smallest absolute Gasteiger partial charge is 0.234 e. The van der Waals surface area contributed by atoms with Crippen LogP contribution in [-0.2, 0) is 17.8 Å². The molecule has 0 atom stereocenters. The maximum atomic E-state index is 12.7. The Balaban J connectivity index is 1.59. The summed E-state index contributed by atoms with van der Waals surface area (Å²) in [6, 6.07) is 16.6. The molecule has 5 heteroatoms. The number of aliphatic hydroxyl groups excluding tert-OH is 1.